The second kappa shape index (κ2) is 10.2. The van der Waals surface area contributed by atoms with Gasteiger partial charge in [0, 0.05) is 43.5 Å². The third-order valence-electron chi connectivity index (χ3n) is 8.74. The first-order valence-corrected chi connectivity index (χ1v) is 14.3. The Labute approximate surface area is 234 Å². The van der Waals surface area contributed by atoms with Gasteiger partial charge in [0.1, 0.15) is 11.2 Å². The van der Waals surface area contributed by atoms with E-state index in [-0.39, 0.29) is 0 Å². The van der Waals surface area contributed by atoms with E-state index in [9.17, 15) is 0 Å². The summed E-state index contributed by atoms with van der Waals surface area (Å²) < 4.78 is 8.09. The molecule has 0 spiro atoms. The zero-order valence-corrected chi connectivity index (χ0v) is 23.2. The molecular formula is C31H36N8O. The molecule has 40 heavy (non-hydrogen) atoms. The number of piperazine rings is 1. The van der Waals surface area contributed by atoms with Gasteiger partial charge in [-0.1, -0.05) is 24.3 Å². The number of nitrogens with two attached hydrogens (primary N) is 1. The summed E-state index contributed by atoms with van der Waals surface area (Å²) in [7, 11) is 2.22. The van der Waals surface area contributed by atoms with Crippen molar-refractivity contribution in [2.45, 2.75) is 44.7 Å². The number of fused-ring (bicyclic) bond motifs is 2. The third-order valence-corrected chi connectivity index (χ3v) is 8.74. The second-order valence-corrected chi connectivity index (χ2v) is 11.4. The molecule has 0 bridgehead atoms. The van der Waals surface area contributed by atoms with Crippen LogP contribution in [-0.2, 0) is 0 Å². The van der Waals surface area contributed by atoms with Crippen molar-refractivity contribution in [3.63, 3.8) is 0 Å². The number of benzene rings is 2. The number of hydrogen-bond donors (Lipinski definition) is 2. The zero-order chi connectivity index (χ0) is 27.2. The Hall–Kier alpha value is -3.95. The average Bonchev–Trinajstić information content (AvgIpc) is 3.57. The summed E-state index contributed by atoms with van der Waals surface area (Å²) >= 11 is 0. The van der Waals surface area contributed by atoms with E-state index in [0.29, 0.717) is 23.8 Å². The fourth-order valence-corrected chi connectivity index (χ4v) is 6.42. The Kier molecular flexibility index (Phi) is 6.40. The fraction of sp³-hybridized carbons (Fsp3) is 0.387. The zero-order valence-electron chi connectivity index (χ0n) is 23.2. The largest absolute Gasteiger partial charge is 0.423 e. The molecule has 2 fully saturated rings. The number of aryl methyl sites for hydroxylation is 1. The lowest BCUT2D eigenvalue weighted by molar-refractivity contribution is 0.0816. The molecule has 7 rings (SSSR count). The minimum Gasteiger partial charge on any atom is -0.423 e. The van der Waals surface area contributed by atoms with Gasteiger partial charge in [-0.05, 0) is 63.4 Å². The normalized spacial score (nSPS) is 20.9. The number of aromatic nitrogens is 4. The number of nitrogens with one attached hydrogen (secondary N) is 1. The number of para-hydroxylation sites is 1. The summed E-state index contributed by atoms with van der Waals surface area (Å²) in [6.07, 6.45) is 8.30. The Balaban J connectivity index is 1.12. The van der Waals surface area contributed by atoms with Crippen LogP contribution in [0.3, 0.4) is 0 Å². The molecular weight excluding hydrogens is 500 g/mol. The van der Waals surface area contributed by atoms with Crippen molar-refractivity contribution in [3.05, 3.63) is 60.4 Å². The van der Waals surface area contributed by atoms with Crippen LogP contribution in [0.5, 0.6) is 0 Å². The number of nitrogen functional groups attached to an aromatic ring is 1. The van der Waals surface area contributed by atoms with Gasteiger partial charge >= 0.3 is 0 Å². The lowest BCUT2D eigenvalue weighted by atomic mass is 9.89. The van der Waals surface area contributed by atoms with E-state index in [4.69, 9.17) is 15.2 Å². The van der Waals surface area contributed by atoms with E-state index in [1.165, 1.54) is 39.0 Å². The van der Waals surface area contributed by atoms with E-state index in [1.54, 1.807) is 6.20 Å². The van der Waals surface area contributed by atoms with E-state index < -0.39 is 0 Å². The van der Waals surface area contributed by atoms with E-state index in [2.05, 4.69) is 48.9 Å². The molecule has 2 aliphatic rings. The SMILES string of the molecule is Cc1cccc2oc(Nc3ccc(-c4nn(C5CCC(N6CCN(C)CC6)CC5)c5cncc(N)c45)cc3)nc12. The molecule has 9 heteroatoms. The van der Waals surface area contributed by atoms with Crippen LogP contribution in [0, 0.1) is 6.92 Å². The minimum atomic E-state index is 0.354. The van der Waals surface area contributed by atoms with Gasteiger partial charge in [-0.2, -0.15) is 10.1 Å². The summed E-state index contributed by atoms with van der Waals surface area (Å²) in [6.45, 7) is 6.73. The molecule has 2 aromatic carbocycles. The Bertz CT molecular complexity index is 1640. The van der Waals surface area contributed by atoms with Crippen molar-refractivity contribution < 1.29 is 4.42 Å². The van der Waals surface area contributed by atoms with Gasteiger partial charge in [0.15, 0.2) is 5.58 Å². The smallest absolute Gasteiger partial charge is 0.300 e. The monoisotopic (exact) mass is 536 g/mol. The Morgan fingerprint density at radius 2 is 1.68 bits per heavy atom. The summed E-state index contributed by atoms with van der Waals surface area (Å²) in [5.74, 6) is 0. The lowest BCUT2D eigenvalue weighted by Gasteiger charge is -2.41. The topological polar surface area (TPSA) is 101 Å². The molecule has 3 aromatic heterocycles. The number of oxazole rings is 1. The van der Waals surface area contributed by atoms with Crippen LogP contribution in [0.15, 0.2) is 59.3 Å². The molecule has 206 valence electrons. The fourth-order valence-electron chi connectivity index (χ4n) is 6.42. The second-order valence-electron chi connectivity index (χ2n) is 11.4. The van der Waals surface area contributed by atoms with Gasteiger partial charge in [0.25, 0.3) is 6.01 Å². The van der Waals surface area contributed by atoms with Crippen LogP contribution in [0.1, 0.15) is 37.3 Å². The predicted molar refractivity (Wildman–Crippen MR) is 160 cm³/mol. The highest BCUT2D eigenvalue weighted by Gasteiger charge is 2.30. The van der Waals surface area contributed by atoms with Crippen molar-refractivity contribution >= 4 is 39.4 Å². The van der Waals surface area contributed by atoms with Gasteiger partial charge in [0.05, 0.1) is 35.0 Å². The molecule has 5 aromatic rings. The lowest BCUT2D eigenvalue weighted by Crippen LogP contribution is -2.49. The molecule has 0 radical (unpaired) electrons. The highest BCUT2D eigenvalue weighted by atomic mass is 16.4. The first-order valence-electron chi connectivity index (χ1n) is 14.3. The maximum Gasteiger partial charge on any atom is 0.300 e. The summed E-state index contributed by atoms with van der Waals surface area (Å²) in [5, 5.41) is 9.44. The first-order chi connectivity index (χ1) is 19.5. The van der Waals surface area contributed by atoms with E-state index in [0.717, 1.165) is 57.4 Å². The molecule has 3 N–H and O–H groups in total. The molecule has 1 saturated carbocycles. The van der Waals surface area contributed by atoms with E-state index >= 15 is 0 Å². The predicted octanol–water partition coefficient (Wildman–Crippen LogP) is 5.60. The maximum atomic E-state index is 6.49. The summed E-state index contributed by atoms with van der Waals surface area (Å²) in [5.41, 5.74) is 13.7. The van der Waals surface area contributed by atoms with Crippen molar-refractivity contribution in [1.29, 1.82) is 0 Å². The highest BCUT2D eigenvalue weighted by Crippen LogP contribution is 2.38. The van der Waals surface area contributed by atoms with Crippen LogP contribution < -0.4 is 11.1 Å². The number of rotatable bonds is 5. The van der Waals surface area contributed by atoms with Gasteiger partial charge in [-0.15, -0.1) is 0 Å². The Morgan fingerprint density at radius 3 is 2.42 bits per heavy atom. The summed E-state index contributed by atoms with van der Waals surface area (Å²) in [4.78, 5) is 14.2. The molecule has 0 atom stereocenters. The van der Waals surface area contributed by atoms with Gasteiger partial charge in [-0.25, -0.2) is 0 Å². The Morgan fingerprint density at radius 1 is 0.925 bits per heavy atom. The molecule has 0 amide bonds. The van der Waals surface area contributed by atoms with Crippen molar-refractivity contribution in [1.82, 2.24) is 29.5 Å². The molecule has 0 unspecified atom stereocenters. The quantitative estimate of drug-likeness (QED) is 0.299. The standard InChI is InChI=1S/C31H36N8O/c1-20-4-3-5-27-29(20)35-31(40-27)34-22-8-6-21(7-9-22)30-28-25(32)18-33-19-26(28)39(36-30)24-12-10-23(11-13-24)38-16-14-37(2)15-17-38/h3-9,18-19,23-24H,10-17,32H2,1-2H3,(H,34,35). The van der Waals surface area contributed by atoms with Crippen LogP contribution in [0.25, 0.3) is 33.3 Å². The van der Waals surface area contributed by atoms with Crippen molar-refractivity contribution in [3.8, 4) is 11.3 Å². The third kappa shape index (κ3) is 4.59. The number of likely N-dealkylation sites (N-methyl/N-ethyl adjacent to an activating group) is 1. The molecule has 1 saturated heterocycles. The number of nitrogens with zero attached hydrogens (tertiary/aromatic N) is 6. The van der Waals surface area contributed by atoms with Crippen molar-refractivity contribution in [2.75, 3.05) is 44.3 Å². The van der Waals surface area contributed by atoms with Crippen LogP contribution >= 0.6 is 0 Å². The summed E-state index contributed by atoms with van der Waals surface area (Å²) in [6, 6.07) is 15.7. The van der Waals surface area contributed by atoms with E-state index in [1.807, 2.05) is 43.5 Å². The van der Waals surface area contributed by atoms with Crippen LogP contribution in [0.4, 0.5) is 17.4 Å². The van der Waals surface area contributed by atoms with Crippen molar-refractivity contribution in [2.24, 2.45) is 0 Å². The number of pyridine rings is 1. The molecule has 9 nitrogen and oxygen atoms in total. The minimum absolute atomic E-state index is 0.354. The van der Waals surface area contributed by atoms with Crippen LogP contribution in [0.2, 0.25) is 0 Å². The molecule has 4 heterocycles. The average molecular weight is 537 g/mol. The number of hydrogen-bond acceptors (Lipinski definition) is 8. The van der Waals surface area contributed by atoms with Crippen LogP contribution in [-0.4, -0.2) is 68.8 Å². The maximum absolute atomic E-state index is 6.49. The first kappa shape index (κ1) is 25.0. The molecule has 1 aliphatic heterocycles. The highest BCUT2D eigenvalue weighted by molar-refractivity contribution is 6.01. The molecule has 1 aliphatic carbocycles. The number of anilines is 3. The van der Waals surface area contributed by atoms with Gasteiger partial charge in [-0.3, -0.25) is 14.6 Å². The van der Waals surface area contributed by atoms with Gasteiger partial charge in [0.2, 0.25) is 0 Å². The van der Waals surface area contributed by atoms with Gasteiger partial charge < -0.3 is 20.4 Å².